The molecule has 0 aliphatic carbocycles. The second kappa shape index (κ2) is 6.67. The van der Waals surface area contributed by atoms with Crippen LogP contribution in [0.15, 0.2) is 52.4 Å². The predicted octanol–water partition coefficient (Wildman–Crippen LogP) is 4.06. The van der Waals surface area contributed by atoms with Crippen molar-refractivity contribution in [3.8, 4) is 6.07 Å². The third-order valence-corrected chi connectivity index (χ3v) is 4.76. The van der Waals surface area contributed by atoms with Gasteiger partial charge in [-0.1, -0.05) is 43.4 Å². The molecule has 0 radical (unpaired) electrons. The van der Waals surface area contributed by atoms with E-state index >= 15 is 0 Å². The van der Waals surface area contributed by atoms with Crippen LogP contribution in [0.25, 0.3) is 17.1 Å². The Hall–Kier alpha value is -2.59. The first-order valence-corrected chi connectivity index (χ1v) is 9.40. The number of nitriles is 1. The molecule has 0 atom stereocenters. The van der Waals surface area contributed by atoms with Gasteiger partial charge >= 0.3 is 0 Å². The molecule has 0 fully saturated rings. The number of aromatic amines is 1. The molecule has 23 heavy (non-hydrogen) atoms. The Kier molecular flexibility index (Phi) is 4.44. The summed E-state index contributed by atoms with van der Waals surface area (Å²) in [4.78, 5) is 20.0. The van der Waals surface area contributed by atoms with Gasteiger partial charge in [-0.3, -0.25) is 4.79 Å². The highest BCUT2D eigenvalue weighted by molar-refractivity contribution is 14.2. The number of carbonyl (C=O) groups excluding carboxylic acids is 1. The van der Waals surface area contributed by atoms with Crippen molar-refractivity contribution >= 4 is 48.1 Å². The summed E-state index contributed by atoms with van der Waals surface area (Å²) >= 11 is -0.519. The van der Waals surface area contributed by atoms with Crippen molar-refractivity contribution in [3.63, 3.8) is 0 Å². The highest BCUT2D eigenvalue weighted by Crippen LogP contribution is 2.21. The molecular formula is C18H12IN3O. The minimum Gasteiger partial charge on any atom is -0.345 e. The number of aromatic nitrogens is 2. The summed E-state index contributed by atoms with van der Waals surface area (Å²) in [6.07, 6.45) is 5.17. The summed E-state index contributed by atoms with van der Waals surface area (Å²) in [5.74, 6) is -0.0673. The highest BCUT2D eigenvalue weighted by Gasteiger charge is 2.14. The zero-order valence-corrected chi connectivity index (χ0v) is 14.2. The van der Waals surface area contributed by atoms with Crippen molar-refractivity contribution < 1.29 is 4.79 Å². The normalized spacial score (nSPS) is 11.3. The van der Waals surface area contributed by atoms with Crippen LogP contribution in [0.4, 0.5) is 0 Å². The van der Waals surface area contributed by atoms with E-state index in [9.17, 15) is 4.79 Å². The second-order valence-electron chi connectivity index (χ2n) is 4.79. The number of hydrogen-bond acceptors (Lipinski definition) is 3. The molecule has 2 heterocycles. The molecule has 0 aliphatic rings. The first-order chi connectivity index (χ1) is 11.2. The third-order valence-electron chi connectivity index (χ3n) is 3.39. The molecule has 2 aromatic heterocycles. The maximum absolute atomic E-state index is 12.8. The van der Waals surface area contributed by atoms with E-state index in [0.717, 1.165) is 10.9 Å². The first-order valence-electron chi connectivity index (χ1n) is 6.80. The summed E-state index contributed by atoms with van der Waals surface area (Å²) in [7, 11) is 0. The lowest BCUT2D eigenvalue weighted by molar-refractivity contribution is 0.104. The molecule has 1 N–H and O–H groups in total. The topological polar surface area (TPSA) is 69.5 Å². The molecule has 0 saturated heterocycles. The number of nitrogens with one attached hydrogen (secondary N) is 1. The Morgan fingerprint density at radius 2 is 2.22 bits per heavy atom. The quantitative estimate of drug-likeness (QED) is 0.399. The summed E-state index contributed by atoms with van der Waals surface area (Å²) < 4.78 is 4.51. The van der Waals surface area contributed by atoms with E-state index in [4.69, 9.17) is 5.26 Å². The molecule has 112 valence electrons. The molecule has 0 aliphatic heterocycles. The second-order valence-corrected chi connectivity index (χ2v) is 6.72. The zero-order valence-electron chi connectivity index (χ0n) is 12.1. The van der Waals surface area contributed by atoms with Gasteiger partial charge < -0.3 is 4.98 Å². The fourth-order valence-electron chi connectivity index (χ4n) is 2.32. The van der Waals surface area contributed by atoms with Crippen LogP contribution in [0.5, 0.6) is 0 Å². The van der Waals surface area contributed by atoms with Crippen molar-refractivity contribution in [1.29, 1.82) is 5.26 Å². The van der Waals surface area contributed by atoms with E-state index in [2.05, 4.69) is 20.6 Å². The largest absolute Gasteiger partial charge is 0.345 e. The molecule has 0 amide bonds. The van der Waals surface area contributed by atoms with Gasteiger partial charge in [0.15, 0.2) is 5.78 Å². The van der Waals surface area contributed by atoms with Crippen LogP contribution >= 0.6 is 20.7 Å². The first kappa shape index (κ1) is 15.3. The fraction of sp³-hybridized carbons (Fsp3) is 0. The summed E-state index contributed by atoms with van der Waals surface area (Å²) in [5, 5.41) is 9.83. The maximum atomic E-state index is 12.8. The number of hydrogen-bond donors (Lipinski definition) is 1. The summed E-state index contributed by atoms with van der Waals surface area (Å²) in [6.45, 7) is 0. The number of benzene rings is 1. The lowest BCUT2D eigenvalue weighted by Gasteiger charge is -2.02. The fourth-order valence-corrected chi connectivity index (χ4v) is 3.07. The molecule has 5 heteroatoms. The van der Waals surface area contributed by atoms with Crippen LogP contribution < -0.4 is 0 Å². The van der Waals surface area contributed by atoms with Crippen LogP contribution in [0.3, 0.4) is 0 Å². The van der Waals surface area contributed by atoms with Gasteiger partial charge in [-0.05, 0) is 29.8 Å². The third kappa shape index (κ3) is 3.12. The van der Waals surface area contributed by atoms with Gasteiger partial charge in [0.25, 0.3) is 0 Å². The average Bonchev–Trinajstić information content (AvgIpc) is 3.03. The van der Waals surface area contributed by atoms with Gasteiger partial charge in [-0.2, -0.15) is 5.26 Å². The Balaban J connectivity index is 2.02. The number of carbonyl (C=O) groups is 1. The molecular weight excluding hydrogens is 401 g/mol. The maximum Gasteiger partial charge on any atom is 0.195 e. The van der Waals surface area contributed by atoms with Crippen LogP contribution in [0, 0.1) is 11.3 Å². The predicted molar refractivity (Wildman–Crippen MR) is 101 cm³/mol. The number of nitrogens with zero attached hydrogens (tertiary/aromatic N) is 2. The SMILES string of the molecule is C=I/C(C#N)=C/c1cccc(C(=O)c2c[nH]c3ncccc23)c1. The number of halogens is 1. The monoisotopic (exact) mass is 413 g/mol. The molecule has 4 nitrogen and oxygen atoms in total. The smallest absolute Gasteiger partial charge is 0.195 e. The minimum atomic E-state index is -0.519. The van der Waals surface area contributed by atoms with Gasteiger partial charge in [-0.15, -0.1) is 0 Å². The van der Waals surface area contributed by atoms with E-state index in [1.165, 1.54) is 0 Å². The van der Waals surface area contributed by atoms with Crippen molar-refractivity contribution in [1.82, 2.24) is 9.97 Å². The Labute approximate surface area is 143 Å². The van der Waals surface area contributed by atoms with Crippen molar-refractivity contribution in [2.75, 3.05) is 0 Å². The van der Waals surface area contributed by atoms with Crippen LogP contribution in [-0.4, -0.2) is 20.3 Å². The van der Waals surface area contributed by atoms with E-state index in [-0.39, 0.29) is 5.78 Å². The van der Waals surface area contributed by atoms with E-state index in [1.807, 2.05) is 24.3 Å². The number of fused-ring (bicyclic) bond motifs is 1. The number of ketones is 1. The summed E-state index contributed by atoms with van der Waals surface area (Å²) in [5.41, 5.74) is 2.72. The van der Waals surface area contributed by atoms with E-state index < -0.39 is 20.7 Å². The molecule has 3 rings (SSSR count). The number of allylic oxidation sites excluding steroid dienone is 1. The van der Waals surface area contributed by atoms with E-state index in [1.54, 1.807) is 30.6 Å². The molecule has 0 saturated carbocycles. The Morgan fingerprint density at radius 3 is 3.00 bits per heavy atom. The van der Waals surface area contributed by atoms with Crippen molar-refractivity contribution in [2.24, 2.45) is 0 Å². The molecule has 1 aromatic carbocycles. The van der Waals surface area contributed by atoms with Gasteiger partial charge in [0.1, 0.15) is 11.7 Å². The molecule has 0 unspecified atom stereocenters. The van der Waals surface area contributed by atoms with Gasteiger partial charge in [0.05, 0.1) is 3.58 Å². The Morgan fingerprint density at radius 1 is 1.35 bits per heavy atom. The van der Waals surface area contributed by atoms with E-state index in [0.29, 0.717) is 20.4 Å². The summed E-state index contributed by atoms with van der Waals surface area (Å²) in [6, 6.07) is 13.1. The van der Waals surface area contributed by atoms with Gasteiger partial charge in [0.2, 0.25) is 0 Å². The number of pyridine rings is 1. The number of H-pyrrole nitrogens is 1. The lowest BCUT2D eigenvalue weighted by Crippen LogP contribution is -2.00. The highest BCUT2D eigenvalue weighted by atomic mass is 127. The van der Waals surface area contributed by atoms with Crippen LogP contribution in [0.2, 0.25) is 0 Å². The average molecular weight is 413 g/mol. The van der Waals surface area contributed by atoms with Crippen LogP contribution in [-0.2, 0) is 0 Å². The van der Waals surface area contributed by atoms with Crippen molar-refractivity contribution in [3.05, 3.63) is 69.1 Å². The molecule has 0 spiro atoms. The lowest BCUT2D eigenvalue weighted by atomic mass is 10.0. The zero-order chi connectivity index (χ0) is 16.2. The minimum absolute atomic E-state index is 0.0673. The number of rotatable bonds is 4. The molecule has 3 aromatic rings. The Bertz CT molecular complexity index is 979. The van der Waals surface area contributed by atoms with Gasteiger partial charge in [-0.25, -0.2) is 4.98 Å². The van der Waals surface area contributed by atoms with Crippen LogP contribution in [0.1, 0.15) is 21.5 Å². The van der Waals surface area contributed by atoms with Gasteiger partial charge in [0, 0.05) is 28.9 Å². The molecule has 0 bridgehead atoms. The van der Waals surface area contributed by atoms with Crippen molar-refractivity contribution in [2.45, 2.75) is 0 Å². The standard InChI is InChI=1S/C18H12IN3O/c1-19-14(10-20)9-12-4-2-5-13(8-12)17(23)16-11-22-18-15(16)6-3-7-21-18/h2-9,11H,1H2,(H,21,22)/b14-9+.